The number of nitrogens with zero attached hydrogens (tertiary/aromatic N) is 2. The SMILES string of the molecule is CC(CCO)CN(C(=O)OC(C)(C)C)c1ccc(CN)nc1. The Morgan fingerprint density at radius 3 is 2.59 bits per heavy atom. The molecule has 1 heterocycles. The third-order valence-corrected chi connectivity index (χ3v) is 3.06. The summed E-state index contributed by atoms with van der Waals surface area (Å²) in [5.41, 5.74) is 6.40. The van der Waals surface area contributed by atoms with Crippen molar-refractivity contribution >= 4 is 11.8 Å². The van der Waals surface area contributed by atoms with Crippen LogP contribution in [0.5, 0.6) is 0 Å². The van der Waals surface area contributed by atoms with Crippen molar-refractivity contribution < 1.29 is 14.6 Å². The molecule has 0 fully saturated rings. The fourth-order valence-corrected chi connectivity index (χ4v) is 1.92. The van der Waals surface area contributed by atoms with Gasteiger partial charge in [0.1, 0.15) is 5.60 Å². The van der Waals surface area contributed by atoms with Gasteiger partial charge >= 0.3 is 6.09 Å². The molecule has 0 aliphatic rings. The largest absolute Gasteiger partial charge is 0.443 e. The quantitative estimate of drug-likeness (QED) is 0.841. The van der Waals surface area contributed by atoms with Gasteiger partial charge in [-0.3, -0.25) is 9.88 Å². The van der Waals surface area contributed by atoms with Crippen LogP contribution in [0, 0.1) is 5.92 Å². The molecule has 0 saturated carbocycles. The van der Waals surface area contributed by atoms with Crippen molar-refractivity contribution in [1.29, 1.82) is 0 Å². The van der Waals surface area contributed by atoms with Crippen molar-refractivity contribution in [3.63, 3.8) is 0 Å². The number of anilines is 1. The maximum atomic E-state index is 12.4. The van der Waals surface area contributed by atoms with E-state index in [9.17, 15) is 4.79 Å². The Balaban J connectivity index is 2.96. The Bertz CT molecular complexity index is 469. The Hall–Kier alpha value is -1.66. The molecular weight excluding hydrogens is 282 g/mol. The second-order valence-electron chi connectivity index (χ2n) is 6.42. The predicted molar refractivity (Wildman–Crippen MR) is 86.6 cm³/mol. The normalized spacial score (nSPS) is 12.8. The van der Waals surface area contributed by atoms with Gasteiger partial charge in [0, 0.05) is 19.7 Å². The number of carbonyl (C=O) groups excluding carboxylic acids is 1. The molecule has 6 nitrogen and oxygen atoms in total. The van der Waals surface area contributed by atoms with Crippen LogP contribution in [0.3, 0.4) is 0 Å². The number of pyridine rings is 1. The van der Waals surface area contributed by atoms with Gasteiger partial charge in [-0.15, -0.1) is 0 Å². The number of aliphatic hydroxyl groups excluding tert-OH is 1. The van der Waals surface area contributed by atoms with Crippen molar-refractivity contribution in [2.24, 2.45) is 11.7 Å². The van der Waals surface area contributed by atoms with Crippen molar-refractivity contribution in [3.05, 3.63) is 24.0 Å². The molecule has 0 radical (unpaired) electrons. The molecule has 1 aromatic heterocycles. The summed E-state index contributed by atoms with van der Waals surface area (Å²) in [4.78, 5) is 18.2. The van der Waals surface area contributed by atoms with Gasteiger partial charge in [0.05, 0.1) is 17.6 Å². The van der Waals surface area contributed by atoms with Crippen LogP contribution in [0.2, 0.25) is 0 Å². The van der Waals surface area contributed by atoms with E-state index in [-0.39, 0.29) is 12.5 Å². The highest BCUT2D eigenvalue weighted by Crippen LogP contribution is 2.20. The Kier molecular flexibility index (Phi) is 6.77. The summed E-state index contributed by atoms with van der Waals surface area (Å²) in [6, 6.07) is 3.61. The number of ether oxygens (including phenoxy) is 1. The van der Waals surface area contributed by atoms with E-state index in [4.69, 9.17) is 15.6 Å². The van der Waals surface area contributed by atoms with Gasteiger partial charge < -0.3 is 15.6 Å². The van der Waals surface area contributed by atoms with E-state index in [0.717, 1.165) is 5.69 Å². The van der Waals surface area contributed by atoms with E-state index < -0.39 is 11.7 Å². The smallest absolute Gasteiger partial charge is 0.414 e. The van der Waals surface area contributed by atoms with E-state index in [1.807, 2.05) is 33.8 Å². The summed E-state index contributed by atoms with van der Waals surface area (Å²) < 4.78 is 5.46. The summed E-state index contributed by atoms with van der Waals surface area (Å²) in [5.74, 6) is 0.145. The molecule has 124 valence electrons. The molecule has 6 heteroatoms. The molecule has 22 heavy (non-hydrogen) atoms. The number of carbonyl (C=O) groups is 1. The van der Waals surface area contributed by atoms with E-state index in [2.05, 4.69) is 4.98 Å². The molecule has 1 aromatic rings. The van der Waals surface area contributed by atoms with Crippen molar-refractivity contribution in [1.82, 2.24) is 4.98 Å². The molecule has 1 rings (SSSR count). The third-order valence-electron chi connectivity index (χ3n) is 3.06. The summed E-state index contributed by atoms with van der Waals surface area (Å²) in [6.07, 6.45) is 1.82. The highest BCUT2D eigenvalue weighted by atomic mass is 16.6. The minimum absolute atomic E-state index is 0.0910. The lowest BCUT2D eigenvalue weighted by Gasteiger charge is -2.29. The fourth-order valence-electron chi connectivity index (χ4n) is 1.92. The van der Waals surface area contributed by atoms with Crippen LogP contribution in [0.1, 0.15) is 39.8 Å². The molecule has 1 unspecified atom stereocenters. The average molecular weight is 309 g/mol. The molecule has 0 aliphatic heterocycles. The first kappa shape index (κ1) is 18.4. The predicted octanol–water partition coefficient (Wildman–Crippen LogP) is 2.30. The summed E-state index contributed by atoms with van der Waals surface area (Å²) in [6.45, 7) is 8.37. The van der Waals surface area contributed by atoms with Gasteiger partial charge in [-0.1, -0.05) is 6.92 Å². The first-order chi connectivity index (χ1) is 10.3. The lowest BCUT2D eigenvalue weighted by Crippen LogP contribution is -2.39. The third kappa shape index (κ3) is 5.99. The van der Waals surface area contributed by atoms with Crippen LogP contribution in [-0.4, -0.2) is 34.9 Å². The molecule has 0 bridgehead atoms. The number of amides is 1. The second-order valence-corrected chi connectivity index (χ2v) is 6.42. The number of nitrogens with two attached hydrogens (primary N) is 1. The van der Waals surface area contributed by atoms with Crippen LogP contribution in [0.25, 0.3) is 0 Å². The summed E-state index contributed by atoms with van der Waals surface area (Å²) >= 11 is 0. The zero-order chi connectivity index (χ0) is 16.8. The standard InChI is InChI=1S/C16H27N3O3/c1-12(7-8-20)11-19(15(21)22-16(2,3)4)14-6-5-13(9-17)18-10-14/h5-6,10,12,20H,7-9,11,17H2,1-4H3. The van der Waals surface area contributed by atoms with E-state index in [1.54, 1.807) is 17.2 Å². The number of hydrogen-bond acceptors (Lipinski definition) is 5. The highest BCUT2D eigenvalue weighted by molar-refractivity contribution is 5.87. The Morgan fingerprint density at radius 1 is 1.45 bits per heavy atom. The summed E-state index contributed by atoms with van der Waals surface area (Å²) in [7, 11) is 0. The van der Waals surface area contributed by atoms with Crippen molar-refractivity contribution in [2.75, 3.05) is 18.1 Å². The van der Waals surface area contributed by atoms with Crippen molar-refractivity contribution in [3.8, 4) is 0 Å². The second kappa shape index (κ2) is 8.10. The van der Waals surface area contributed by atoms with Gasteiger partial charge in [0.15, 0.2) is 0 Å². The molecule has 0 spiro atoms. The van der Waals surface area contributed by atoms with Crippen LogP contribution >= 0.6 is 0 Å². The van der Waals surface area contributed by atoms with E-state index >= 15 is 0 Å². The number of aliphatic hydroxyl groups is 1. The topological polar surface area (TPSA) is 88.7 Å². The van der Waals surface area contributed by atoms with Crippen LogP contribution in [-0.2, 0) is 11.3 Å². The molecule has 3 N–H and O–H groups in total. The van der Waals surface area contributed by atoms with Crippen LogP contribution in [0.4, 0.5) is 10.5 Å². The summed E-state index contributed by atoms with van der Waals surface area (Å²) in [5, 5.41) is 9.05. The number of aromatic nitrogens is 1. The monoisotopic (exact) mass is 309 g/mol. The molecular formula is C16H27N3O3. The van der Waals surface area contributed by atoms with Crippen LogP contribution < -0.4 is 10.6 Å². The van der Waals surface area contributed by atoms with Gasteiger partial charge in [-0.2, -0.15) is 0 Å². The van der Waals surface area contributed by atoms with E-state index in [1.165, 1.54) is 0 Å². The molecule has 1 atom stereocenters. The minimum atomic E-state index is -0.569. The minimum Gasteiger partial charge on any atom is -0.443 e. The average Bonchev–Trinajstić information content (AvgIpc) is 2.43. The number of hydrogen-bond donors (Lipinski definition) is 2. The first-order valence-electron chi connectivity index (χ1n) is 7.53. The van der Waals surface area contributed by atoms with Gasteiger partial charge in [-0.25, -0.2) is 4.79 Å². The Labute approximate surface area is 132 Å². The molecule has 1 amide bonds. The van der Waals surface area contributed by atoms with Gasteiger partial charge in [-0.05, 0) is 45.2 Å². The highest BCUT2D eigenvalue weighted by Gasteiger charge is 2.25. The molecule has 0 aliphatic carbocycles. The van der Waals surface area contributed by atoms with Crippen LogP contribution in [0.15, 0.2) is 18.3 Å². The zero-order valence-corrected chi connectivity index (χ0v) is 13.9. The molecule has 0 aromatic carbocycles. The fraction of sp³-hybridized carbons (Fsp3) is 0.625. The maximum absolute atomic E-state index is 12.4. The maximum Gasteiger partial charge on any atom is 0.414 e. The van der Waals surface area contributed by atoms with E-state index in [0.29, 0.717) is 25.2 Å². The zero-order valence-electron chi connectivity index (χ0n) is 13.9. The molecule has 0 saturated heterocycles. The van der Waals surface area contributed by atoms with Crippen molar-refractivity contribution in [2.45, 2.75) is 46.3 Å². The number of rotatable bonds is 6. The Morgan fingerprint density at radius 2 is 2.14 bits per heavy atom. The van der Waals surface area contributed by atoms with Gasteiger partial charge in [0.2, 0.25) is 0 Å². The first-order valence-corrected chi connectivity index (χ1v) is 7.53. The lowest BCUT2D eigenvalue weighted by molar-refractivity contribution is 0.0573. The van der Waals surface area contributed by atoms with Gasteiger partial charge in [0.25, 0.3) is 0 Å². The lowest BCUT2D eigenvalue weighted by atomic mass is 10.1.